The molecule has 0 aromatic heterocycles. The summed E-state index contributed by atoms with van der Waals surface area (Å²) < 4.78 is 0. The van der Waals surface area contributed by atoms with Gasteiger partial charge in [-0.25, -0.2) is 0 Å². The van der Waals surface area contributed by atoms with Crippen LogP contribution in [-0.4, -0.2) is 41.9 Å². The molecular formula is C36H55N3O. The molecule has 1 N–H and O–H groups in total. The maximum atomic E-state index is 10.6. The summed E-state index contributed by atoms with van der Waals surface area (Å²) in [7, 11) is 0. The van der Waals surface area contributed by atoms with Crippen molar-refractivity contribution in [1.29, 1.82) is 0 Å². The molecule has 1 atom stereocenters. The first-order chi connectivity index (χ1) is 19.8. The molecular weight excluding hydrogens is 490 g/mol. The summed E-state index contributed by atoms with van der Waals surface area (Å²) >= 11 is 0. The molecule has 0 unspecified atom stereocenters. The zero-order chi connectivity index (χ0) is 27.1. The predicted octanol–water partition coefficient (Wildman–Crippen LogP) is 8.01. The minimum Gasteiger partial charge on any atom is -0.394 e. The van der Waals surface area contributed by atoms with Crippen LogP contribution in [0.15, 0.2) is 35.3 Å². The maximum absolute atomic E-state index is 10.6. The van der Waals surface area contributed by atoms with Gasteiger partial charge in [-0.15, -0.1) is 0 Å². The number of nitrogens with zero attached hydrogens (tertiary/aromatic N) is 3. The molecule has 40 heavy (non-hydrogen) atoms. The summed E-state index contributed by atoms with van der Waals surface area (Å²) in [5.74, 6) is 0. The third-order valence-electron chi connectivity index (χ3n) is 10.8. The molecule has 2 aromatic carbocycles. The molecule has 0 amide bonds. The van der Waals surface area contributed by atoms with E-state index < -0.39 is 0 Å². The van der Waals surface area contributed by atoms with Crippen LogP contribution < -0.4 is 15.2 Å². The highest BCUT2D eigenvalue weighted by molar-refractivity contribution is 5.86. The molecule has 4 aliphatic carbocycles. The van der Waals surface area contributed by atoms with Gasteiger partial charge in [-0.05, 0) is 63.4 Å². The summed E-state index contributed by atoms with van der Waals surface area (Å²) in [5, 5.41) is 11.8. The van der Waals surface area contributed by atoms with Crippen molar-refractivity contribution < 1.29 is 5.11 Å². The Morgan fingerprint density at radius 2 is 0.950 bits per heavy atom. The van der Waals surface area contributed by atoms with E-state index in [1.165, 1.54) is 151 Å². The van der Waals surface area contributed by atoms with Gasteiger partial charge in [-0.1, -0.05) is 107 Å². The molecule has 0 heterocycles. The van der Waals surface area contributed by atoms with Crippen molar-refractivity contribution in [2.45, 2.75) is 165 Å². The van der Waals surface area contributed by atoms with Crippen molar-refractivity contribution >= 4 is 11.4 Å². The molecule has 0 radical (unpaired) electrons. The Morgan fingerprint density at radius 1 is 0.575 bits per heavy atom. The number of aliphatic hydroxyl groups is 1. The fourth-order valence-electron chi connectivity index (χ4n) is 8.75. The van der Waals surface area contributed by atoms with Crippen LogP contribution in [0.3, 0.4) is 0 Å². The van der Waals surface area contributed by atoms with Gasteiger partial charge in [0.1, 0.15) is 5.36 Å². The van der Waals surface area contributed by atoms with Crippen molar-refractivity contribution in [3.63, 3.8) is 0 Å². The minimum absolute atomic E-state index is 0.0657. The Bertz CT molecular complexity index is 941. The highest BCUT2D eigenvalue weighted by atomic mass is 16.3. The van der Waals surface area contributed by atoms with Crippen LogP contribution in [0.2, 0.25) is 0 Å². The number of anilines is 2. The van der Waals surface area contributed by atoms with Crippen LogP contribution in [0.5, 0.6) is 0 Å². The van der Waals surface area contributed by atoms with Crippen molar-refractivity contribution in [1.82, 2.24) is 0 Å². The van der Waals surface area contributed by atoms with E-state index >= 15 is 0 Å². The van der Waals surface area contributed by atoms with Crippen molar-refractivity contribution in [2.75, 3.05) is 16.4 Å². The fraction of sp³-hybridized carbons (Fsp3) is 0.750. The molecule has 0 aliphatic heterocycles. The van der Waals surface area contributed by atoms with E-state index in [2.05, 4.69) is 40.1 Å². The van der Waals surface area contributed by atoms with Crippen LogP contribution in [0, 0.1) is 0 Å². The smallest absolute Gasteiger partial charge is 0.109 e. The summed E-state index contributed by atoms with van der Waals surface area (Å²) in [4.78, 5) is 11.4. The van der Waals surface area contributed by atoms with Crippen LogP contribution >= 0.6 is 0 Å². The first kappa shape index (κ1) is 28.3. The van der Waals surface area contributed by atoms with Crippen LogP contribution in [0.4, 0.5) is 11.4 Å². The molecule has 4 saturated carbocycles. The first-order valence-corrected chi connectivity index (χ1v) is 17.4. The van der Waals surface area contributed by atoms with E-state index in [0.29, 0.717) is 24.2 Å². The predicted molar refractivity (Wildman–Crippen MR) is 168 cm³/mol. The van der Waals surface area contributed by atoms with Crippen molar-refractivity contribution in [3.05, 3.63) is 41.3 Å². The third kappa shape index (κ3) is 6.63. The Balaban J connectivity index is 1.41. The average Bonchev–Trinajstić information content (AvgIpc) is 3.71. The molecule has 220 valence electrons. The van der Waals surface area contributed by atoms with Gasteiger partial charge in [-0.3, -0.25) is 4.99 Å². The number of benzene rings is 1. The van der Waals surface area contributed by atoms with E-state index in [1.807, 2.05) is 0 Å². The lowest BCUT2D eigenvalue weighted by atomic mass is 9.88. The highest BCUT2D eigenvalue weighted by Gasteiger charge is 2.42. The summed E-state index contributed by atoms with van der Waals surface area (Å²) in [6.45, 7) is 0.124. The summed E-state index contributed by atoms with van der Waals surface area (Å²) in [6, 6.07) is 13.3. The molecule has 0 saturated heterocycles. The average molecular weight is 546 g/mol. The lowest BCUT2D eigenvalue weighted by molar-refractivity contribution is 0.264. The van der Waals surface area contributed by atoms with Gasteiger partial charge in [-0.2, -0.15) is 0 Å². The number of hydrogen-bond acceptors (Lipinski definition) is 4. The van der Waals surface area contributed by atoms with E-state index in [0.717, 1.165) is 6.42 Å². The molecule has 2 aromatic rings. The second-order valence-electron chi connectivity index (χ2n) is 13.7. The lowest BCUT2D eigenvalue weighted by Gasteiger charge is -2.44. The zero-order valence-corrected chi connectivity index (χ0v) is 25.1. The number of rotatable bonds is 10. The lowest BCUT2D eigenvalue weighted by Crippen LogP contribution is -2.46. The minimum atomic E-state index is -0.0657. The van der Waals surface area contributed by atoms with Crippen LogP contribution in [0.25, 0.3) is 0 Å². The normalized spacial score (nSPS) is 23.3. The zero-order valence-electron chi connectivity index (χ0n) is 25.1. The van der Waals surface area contributed by atoms with E-state index in [-0.39, 0.29) is 12.6 Å². The molecule has 6 rings (SSSR count). The monoisotopic (exact) mass is 545 g/mol. The molecule has 4 nitrogen and oxygen atoms in total. The molecule has 4 aliphatic rings. The third-order valence-corrected chi connectivity index (χ3v) is 10.8. The van der Waals surface area contributed by atoms with Crippen LogP contribution in [-0.2, 0) is 6.42 Å². The van der Waals surface area contributed by atoms with Gasteiger partial charge in [0.25, 0.3) is 0 Å². The highest BCUT2D eigenvalue weighted by Crippen LogP contribution is 2.45. The standard InChI is InChI=1S/C36H55N3O/c40-27-29(26-28-16-6-1-7-17-28)37-34-35(38(30-18-8-2-9-19-30)31-20-10-3-11-21-31)36(34)39(32-22-12-4-13-23-32)33-24-14-5-15-25-33/h1,6-7,16-17,29-33,40H,2-5,8-15,18-27H2/t29-/m0/s1. The number of aliphatic hydroxyl groups excluding tert-OH is 1. The quantitative estimate of drug-likeness (QED) is 0.329. The van der Waals surface area contributed by atoms with Gasteiger partial charge < -0.3 is 14.9 Å². The van der Waals surface area contributed by atoms with Gasteiger partial charge in [0.15, 0.2) is 0 Å². The topological polar surface area (TPSA) is 39.1 Å². The summed E-state index contributed by atoms with van der Waals surface area (Å²) in [5.41, 5.74) is 4.34. The Hall–Kier alpha value is -1.81. The van der Waals surface area contributed by atoms with E-state index in [4.69, 9.17) is 4.99 Å². The Labute approximate surface area is 243 Å². The van der Waals surface area contributed by atoms with Crippen molar-refractivity contribution in [2.24, 2.45) is 4.99 Å². The van der Waals surface area contributed by atoms with Gasteiger partial charge in [0, 0.05) is 24.2 Å². The Kier molecular flexibility index (Phi) is 9.84. The van der Waals surface area contributed by atoms with E-state index in [1.54, 1.807) is 0 Å². The first-order valence-electron chi connectivity index (χ1n) is 17.4. The largest absolute Gasteiger partial charge is 0.394 e. The molecule has 4 heteroatoms. The summed E-state index contributed by atoms with van der Waals surface area (Å²) in [6.07, 6.45) is 28.3. The van der Waals surface area contributed by atoms with Gasteiger partial charge >= 0.3 is 0 Å². The van der Waals surface area contributed by atoms with Gasteiger partial charge in [0.2, 0.25) is 0 Å². The number of hydrogen-bond donors (Lipinski definition) is 1. The second-order valence-corrected chi connectivity index (χ2v) is 13.7. The second kappa shape index (κ2) is 13.9. The van der Waals surface area contributed by atoms with Gasteiger partial charge in [0.05, 0.1) is 24.0 Å². The fourth-order valence-corrected chi connectivity index (χ4v) is 8.75. The van der Waals surface area contributed by atoms with Crippen LogP contribution in [0.1, 0.15) is 134 Å². The SMILES string of the molecule is OC[C@H](Cc1ccccc1)N=c1c(N(C2CCCCC2)C2CCCCC2)c1N(C1CCCCC1)C1CCCCC1. The Morgan fingerprint density at radius 3 is 1.30 bits per heavy atom. The molecule has 4 fully saturated rings. The maximum Gasteiger partial charge on any atom is 0.109 e. The molecule has 0 spiro atoms. The van der Waals surface area contributed by atoms with Crippen molar-refractivity contribution in [3.8, 4) is 0 Å². The van der Waals surface area contributed by atoms with E-state index in [9.17, 15) is 5.11 Å². The molecule has 0 bridgehead atoms.